The molecule has 1 N–H and O–H groups in total. The fourth-order valence-electron chi connectivity index (χ4n) is 1.79. The molecule has 0 aliphatic carbocycles. The van der Waals surface area contributed by atoms with Crippen LogP contribution in [0.3, 0.4) is 0 Å². The van der Waals surface area contributed by atoms with Gasteiger partial charge in [0.15, 0.2) is 11.5 Å². The van der Waals surface area contributed by atoms with Crippen LogP contribution >= 0.6 is 0 Å². The summed E-state index contributed by atoms with van der Waals surface area (Å²) in [6, 6.07) is 13.2. The summed E-state index contributed by atoms with van der Waals surface area (Å²) in [4.78, 5) is 0. The predicted octanol–water partition coefficient (Wildman–Crippen LogP) is 3.29. The molecule has 3 heteroatoms. The largest absolute Gasteiger partial charge is 0.492 e. The molecule has 0 heterocycles. The van der Waals surface area contributed by atoms with E-state index in [1.165, 1.54) is 0 Å². The summed E-state index contributed by atoms with van der Waals surface area (Å²) in [5.41, 5.74) is 1.76. The van der Waals surface area contributed by atoms with Crippen LogP contribution in [-0.2, 0) is 6.61 Å². The molecule has 0 bridgehead atoms. The first-order valence-corrected chi connectivity index (χ1v) is 5.76. The van der Waals surface area contributed by atoms with Gasteiger partial charge in [-0.15, -0.1) is 0 Å². The second kappa shape index (κ2) is 5.56. The molecule has 0 unspecified atom stereocenters. The lowest BCUT2D eigenvalue weighted by Gasteiger charge is -2.14. The number of methoxy groups -OCH3 is 1. The zero-order valence-electron chi connectivity index (χ0n) is 10.5. The third kappa shape index (κ3) is 2.46. The Kier molecular flexibility index (Phi) is 3.85. The average molecular weight is 244 g/mol. The Balaban J connectivity index is 2.37. The highest BCUT2D eigenvalue weighted by atomic mass is 16.5. The molecule has 0 aromatic heterocycles. The van der Waals surface area contributed by atoms with E-state index < -0.39 is 0 Å². The van der Waals surface area contributed by atoms with Gasteiger partial charge in [-0.05, 0) is 24.6 Å². The summed E-state index contributed by atoms with van der Waals surface area (Å²) >= 11 is 0. The van der Waals surface area contributed by atoms with E-state index in [0.29, 0.717) is 17.1 Å². The lowest BCUT2D eigenvalue weighted by Crippen LogP contribution is -1.96. The molecular formula is C15H16O3. The van der Waals surface area contributed by atoms with Crippen LogP contribution < -0.4 is 9.47 Å². The van der Waals surface area contributed by atoms with E-state index in [2.05, 4.69) is 0 Å². The summed E-state index contributed by atoms with van der Waals surface area (Å²) in [6.07, 6.45) is 0. The summed E-state index contributed by atoms with van der Waals surface area (Å²) < 4.78 is 11.1. The van der Waals surface area contributed by atoms with Crippen molar-refractivity contribution in [1.82, 2.24) is 0 Å². The van der Waals surface area contributed by atoms with E-state index in [1.54, 1.807) is 7.11 Å². The van der Waals surface area contributed by atoms with Crippen molar-refractivity contribution in [3.63, 3.8) is 0 Å². The number of rotatable bonds is 4. The normalized spacial score (nSPS) is 10.2. The minimum Gasteiger partial charge on any atom is -0.492 e. The lowest BCUT2D eigenvalue weighted by molar-refractivity contribution is 0.271. The Hall–Kier alpha value is -2.00. The first kappa shape index (κ1) is 12.5. The zero-order chi connectivity index (χ0) is 13.0. The number of para-hydroxylation sites is 2. The van der Waals surface area contributed by atoms with E-state index in [0.717, 1.165) is 11.3 Å². The van der Waals surface area contributed by atoms with E-state index in [9.17, 15) is 5.11 Å². The highest BCUT2D eigenvalue weighted by molar-refractivity contribution is 5.49. The van der Waals surface area contributed by atoms with Crippen molar-refractivity contribution in [2.24, 2.45) is 0 Å². The van der Waals surface area contributed by atoms with Crippen LogP contribution in [0.25, 0.3) is 0 Å². The molecule has 0 radical (unpaired) electrons. The molecule has 0 aliphatic heterocycles. The van der Waals surface area contributed by atoms with Crippen molar-refractivity contribution in [3.05, 3.63) is 53.6 Å². The maximum atomic E-state index is 9.26. The average Bonchev–Trinajstić information content (AvgIpc) is 2.41. The highest BCUT2D eigenvalue weighted by Crippen LogP contribution is 2.35. The van der Waals surface area contributed by atoms with Gasteiger partial charge in [-0.3, -0.25) is 0 Å². The number of aryl methyl sites for hydroxylation is 1. The first-order valence-electron chi connectivity index (χ1n) is 5.76. The summed E-state index contributed by atoms with van der Waals surface area (Å²) in [5.74, 6) is 1.97. The molecule has 18 heavy (non-hydrogen) atoms. The van der Waals surface area contributed by atoms with E-state index in [4.69, 9.17) is 9.47 Å². The van der Waals surface area contributed by atoms with Crippen LogP contribution in [0.15, 0.2) is 42.5 Å². The van der Waals surface area contributed by atoms with Gasteiger partial charge in [-0.1, -0.05) is 30.3 Å². The van der Waals surface area contributed by atoms with Gasteiger partial charge in [-0.25, -0.2) is 0 Å². The summed E-state index contributed by atoms with van der Waals surface area (Å²) in [6.45, 7) is 1.91. The molecule has 0 saturated carbocycles. The van der Waals surface area contributed by atoms with Gasteiger partial charge in [0.05, 0.1) is 13.7 Å². The van der Waals surface area contributed by atoms with Gasteiger partial charge in [0, 0.05) is 5.56 Å². The Labute approximate surface area is 107 Å². The molecule has 3 nitrogen and oxygen atoms in total. The van der Waals surface area contributed by atoms with Gasteiger partial charge in [0.1, 0.15) is 5.75 Å². The number of aliphatic hydroxyl groups excluding tert-OH is 1. The van der Waals surface area contributed by atoms with Gasteiger partial charge < -0.3 is 14.6 Å². The van der Waals surface area contributed by atoms with E-state index in [-0.39, 0.29) is 6.61 Å². The zero-order valence-corrected chi connectivity index (χ0v) is 10.5. The SMILES string of the molecule is COc1c(CO)cccc1Oc1ccccc1C. The quantitative estimate of drug-likeness (QED) is 0.897. The minimum absolute atomic E-state index is 0.0753. The van der Waals surface area contributed by atoms with E-state index in [1.807, 2.05) is 49.4 Å². The predicted molar refractivity (Wildman–Crippen MR) is 70.2 cm³/mol. The molecule has 0 spiro atoms. The maximum Gasteiger partial charge on any atom is 0.169 e. The Morgan fingerprint density at radius 3 is 2.39 bits per heavy atom. The maximum absolute atomic E-state index is 9.26. The van der Waals surface area contributed by atoms with Crippen molar-refractivity contribution in [2.45, 2.75) is 13.5 Å². The Morgan fingerprint density at radius 2 is 1.72 bits per heavy atom. The van der Waals surface area contributed by atoms with Crippen molar-refractivity contribution in [1.29, 1.82) is 0 Å². The summed E-state index contributed by atoms with van der Waals surface area (Å²) in [7, 11) is 1.57. The Morgan fingerprint density at radius 1 is 1.00 bits per heavy atom. The third-order valence-electron chi connectivity index (χ3n) is 2.75. The molecule has 0 atom stereocenters. The van der Waals surface area contributed by atoms with Crippen molar-refractivity contribution >= 4 is 0 Å². The second-order valence-electron chi connectivity index (χ2n) is 3.97. The number of hydrogen-bond acceptors (Lipinski definition) is 3. The molecule has 0 saturated heterocycles. The monoisotopic (exact) mass is 244 g/mol. The van der Waals surface area contributed by atoms with Crippen molar-refractivity contribution in [2.75, 3.05) is 7.11 Å². The van der Waals surface area contributed by atoms with Gasteiger partial charge in [-0.2, -0.15) is 0 Å². The van der Waals surface area contributed by atoms with Crippen LogP contribution in [0.5, 0.6) is 17.2 Å². The van der Waals surface area contributed by atoms with Gasteiger partial charge in [0.25, 0.3) is 0 Å². The standard InChI is InChI=1S/C15H16O3/c1-11-6-3-4-8-13(11)18-14-9-5-7-12(10-16)15(14)17-2/h3-9,16H,10H2,1-2H3. The third-order valence-corrected chi connectivity index (χ3v) is 2.75. The van der Waals surface area contributed by atoms with Gasteiger partial charge in [0.2, 0.25) is 0 Å². The molecule has 2 aromatic carbocycles. The van der Waals surface area contributed by atoms with Crippen LogP contribution in [0.1, 0.15) is 11.1 Å². The Bertz CT molecular complexity index is 535. The smallest absolute Gasteiger partial charge is 0.169 e. The molecular weight excluding hydrogens is 228 g/mol. The fourth-order valence-corrected chi connectivity index (χ4v) is 1.79. The molecule has 94 valence electrons. The highest BCUT2D eigenvalue weighted by Gasteiger charge is 2.10. The van der Waals surface area contributed by atoms with E-state index >= 15 is 0 Å². The van der Waals surface area contributed by atoms with Crippen LogP contribution in [0, 0.1) is 6.92 Å². The first-order chi connectivity index (χ1) is 8.76. The number of ether oxygens (including phenoxy) is 2. The lowest BCUT2D eigenvalue weighted by atomic mass is 10.2. The van der Waals surface area contributed by atoms with Crippen molar-refractivity contribution < 1.29 is 14.6 Å². The fraction of sp³-hybridized carbons (Fsp3) is 0.200. The molecule has 2 aromatic rings. The van der Waals surface area contributed by atoms with Crippen LogP contribution in [0.4, 0.5) is 0 Å². The number of aliphatic hydroxyl groups is 1. The molecule has 0 amide bonds. The number of benzene rings is 2. The van der Waals surface area contributed by atoms with Gasteiger partial charge >= 0.3 is 0 Å². The number of hydrogen-bond donors (Lipinski definition) is 1. The van der Waals surface area contributed by atoms with Crippen LogP contribution in [-0.4, -0.2) is 12.2 Å². The second-order valence-corrected chi connectivity index (χ2v) is 3.97. The van der Waals surface area contributed by atoms with Crippen molar-refractivity contribution in [3.8, 4) is 17.2 Å². The summed E-state index contributed by atoms with van der Waals surface area (Å²) in [5, 5.41) is 9.26. The van der Waals surface area contributed by atoms with Crippen LogP contribution in [0.2, 0.25) is 0 Å². The topological polar surface area (TPSA) is 38.7 Å². The minimum atomic E-state index is -0.0753. The molecule has 0 aliphatic rings. The molecule has 2 rings (SSSR count). The molecule has 0 fully saturated rings.